The molecule has 0 bridgehead atoms. The minimum absolute atomic E-state index is 0.461. The first-order valence-electron chi connectivity index (χ1n) is 6.10. The zero-order chi connectivity index (χ0) is 14.8. The van der Waals surface area contributed by atoms with Crippen molar-refractivity contribution in [2.45, 2.75) is 6.54 Å². The molecule has 0 unspecified atom stereocenters. The molecular weight excluding hydrogens is 274 g/mol. The minimum Gasteiger partial charge on any atom is -0.304 e. The number of nitrogens with one attached hydrogen (secondary N) is 1. The van der Waals surface area contributed by atoms with Crippen LogP contribution in [0.5, 0.6) is 0 Å². The van der Waals surface area contributed by atoms with E-state index in [2.05, 4.69) is 16.3 Å². The fraction of sp³-hybridized carbons (Fsp3) is 0.214. The summed E-state index contributed by atoms with van der Waals surface area (Å²) in [5, 5.41) is 1.77. The van der Waals surface area contributed by atoms with Crippen molar-refractivity contribution in [1.29, 1.82) is 0 Å². The molecule has 1 heterocycles. The van der Waals surface area contributed by atoms with Gasteiger partial charge in [-0.15, -0.1) is 0 Å². The number of para-hydroxylation sites is 1. The summed E-state index contributed by atoms with van der Waals surface area (Å²) in [6.45, 7) is 3.98. The Morgan fingerprint density at radius 2 is 2.05 bits per heavy atom. The van der Waals surface area contributed by atoms with E-state index in [1.54, 1.807) is 12.1 Å². The quantitative estimate of drug-likeness (QED) is 0.917. The first-order chi connectivity index (χ1) is 9.41. The van der Waals surface area contributed by atoms with E-state index < -0.39 is 10.0 Å². The van der Waals surface area contributed by atoms with Gasteiger partial charge in [-0.1, -0.05) is 24.8 Å². The van der Waals surface area contributed by atoms with Gasteiger partial charge in [-0.25, -0.2) is 13.4 Å². The molecule has 2 aromatic rings. The van der Waals surface area contributed by atoms with Crippen LogP contribution in [0.1, 0.15) is 5.69 Å². The van der Waals surface area contributed by atoms with E-state index in [1.807, 2.05) is 37.2 Å². The summed E-state index contributed by atoms with van der Waals surface area (Å²) in [5.41, 5.74) is 1.98. The lowest BCUT2D eigenvalue weighted by atomic mass is 10.2. The van der Waals surface area contributed by atoms with Crippen molar-refractivity contribution >= 4 is 26.6 Å². The van der Waals surface area contributed by atoms with E-state index in [9.17, 15) is 8.42 Å². The second-order valence-electron chi connectivity index (χ2n) is 4.73. The van der Waals surface area contributed by atoms with Crippen molar-refractivity contribution in [3.8, 4) is 0 Å². The maximum absolute atomic E-state index is 11.6. The van der Waals surface area contributed by atoms with Crippen molar-refractivity contribution in [2.24, 2.45) is 0 Å². The van der Waals surface area contributed by atoms with E-state index in [-0.39, 0.29) is 0 Å². The predicted molar refractivity (Wildman–Crippen MR) is 81.9 cm³/mol. The average Bonchev–Trinajstić information content (AvgIpc) is 2.38. The fourth-order valence-corrected chi connectivity index (χ4v) is 2.43. The van der Waals surface area contributed by atoms with Gasteiger partial charge in [0.15, 0.2) is 0 Å². The molecule has 0 saturated carbocycles. The second kappa shape index (κ2) is 5.60. The van der Waals surface area contributed by atoms with Gasteiger partial charge >= 0.3 is 0 Å². The van der Waals surface area contributed by atoms with E-state index in [4.69, 9.17) is 0 Å². The number of hydrogen-bond acceptors (Lipinski definition) is 4. The van der Waals surface area contributed by atoms with Crippen LogP contribution in [-0.2, 0) is 16.6 Å². The molecule has 1 N–H and O–H groups in total. The number of fused-ring (bicyclic) bond motifs is 1. The Bertz CT molecular complexity index is 739. The van der Waals surface area contributed by atoms with Gasteiger partial charge in [0.25, 0.3) is 10.0 Å². The van der Waals surface area contributed by atoms with Gasteiger partial charge in [0.05, 0.1) is 16.9 Å². The third kappa shape index (κ3) is 3.34. The first kappa shape index (κ1) is 14.5. The molecule has 5 nitrogen and oxygen atoms in total. The predicted octanol–water partition coefficient (Wildman–Crippen LogP) is 2.18. The van der Waals surface area contributed by atoms with Gasteiger partial charge in [0.1, 0.15) is 0 Å². The summed E-state index contributed by atoms with van der Waals surface area (Å²) in [7, 11) is 0.377. The van der Waals surface area contributed by atoms with Gasteiger partial charge in [0, 0.05) is 17.3 Å². The highest BCUT2D eigenvalue weighted by molar-refractivity contribution is 7.95. The first-order valence-corrected chi connectivity index (χ1v) is 7.64. The molecule has 1 aromatic heterocycles. The molecule has 0 spiro atoms. The number of nitrogens with zero attached hydrogens (tertiary/aromatic N) is 2. The van der Waals surface area contributed by atoms with Crippen LogP contribution in [0.3, 0.4) is 0 Å². The minimum atomic E-state index is -3.54. The van der Waals surface area contributed by atoms with Crippen LogP contribution >= 0.6 is 0 Å². The van der Waals surface area contributed by atoms with Gasteiger partial charge in [-0.05, 0) is 26.2 Å². The molecule has 0 fully saturated rings. The normalized spacial score (nSPS) is 11.8. The maximum Gasteiger partial charge on any atom is 0.254 e. The van der Waals surface area contributed by atoms with Crippen molar-refractivity contribution in [3.63, 3.8) is 0 Å². The Hall–Kier alpha value is -1.92. The van der Waals surface area contributed by atoms with Gasteiger partial charge in [-0.2, -0.15) is 0 Å². The highest BCUT2D eigenvalue weighted by Gasteiger charge is 2.09. The van der Waals surface area contributed by atoms with Crippen LogP contribution in [0.2, 0.25) is 0 Å². The summed E-state index contributed by atoms with van der Waals surface area (Å²) in [4.78, 5) is 6.54. The number of aromatic nitrogens is 1. The maximum atomic E-state index is 11.6. The Balaban J connectivity index is 2.51. The zero-order valence-corrected chi connectivity index (χ0v) is 12.3. The Kier molecular flexibility index (Phi) is 4.06. The van der Waals surface area contributed by atoms with Crippen molar-refractivity contribution in [2.75, 3.05) is 18.8 Å². The van der Waals surface area contributed by atoms with Gasteiger partial charge in [-0.3, -0.25) is 4.72 Å². The molecule has 0 saturated heterocycles. The Labute approximate surface area is 119 Å². The number of rotatable bonds is 5. The molecular formula is C14H17N3O2S. The molecule has 0 aliphatic heterocycles. The molecule has 1 aromatic carbocycles. The Morgan fingerprint density at radius 3 is 2.70 bits per heavy atom. The molecule has 0 amide bonds. The summed E-state index contributed by atoms with van der Waals surface area (Å²) in [6.07, 6.45) is 0. The standard InChI is InChI=1S/C14H17N3O2S/c1-4-20(18,19)16-13-7-5-6-11-8-9-12(10-17(2)3)15-14(11)13/h4-9,16H,1,10H2,2-3H3. The fourth-order valence-electron chi connectivity index (χ4n) is 1.88. The topological polar surface area (TPSA) is 62.3 Å². The van der Waals surface area contributed by atoms with Crippen LogP contribution in [0.4, 0.5) is 5.69 Å². The van der Waals surface area contributed by atoms with Crippen LogP contribution in [0.25, 0.3) is 10.9 Å². The Morgan fingerprint density at radius 1 is 1.30 bits per heavy atom. The van der Waals surface area contributed by atoms with E-state index >= 15 is 0 Å². The third-order valence-electron chi connectivity index (χ3n) is 2.73. The van der Waals surface area contributed by atoms with Crippen molar-refractivity contribution < 1.29 is 8.42 Å². The van der Waals surface area contributed by atoms with Crippen molar-refractivity contribution in [3.05, 3.63) is 48.0 Å². The van der Waals surface area contributed by atoms with Crippen LogP contribution in [0, 0.1) is 0 Å². The van der Waals surface area contributed by atoms with E-state index in [1.165, 1.54) is 0 Å². The molecule has 0 aliphatic carbocycles. The smallest absolute Gasteiger partial charge is 0.254 e. The third-order valence-corrected chi connectivity index (χ3v) is 3.67. The van der Waals surface area contributed by atoms with Crippen LogP contribution in [-0.4, -0.2) is 32.4 Å². The summed E-state index contributed by atoms with van der Waals surface area (Å²) in [6, 6.07) is 9.25. The summed E-state index contributed by atoms with van der Waals surface area (Å²) >= 11 is 0. The van der Waals surface area contributed by atoms with Crippen LogP contribution in [0.15, 0.2) is 42.3 Å². The number of anilines is 1. The lowest BCUT2D eigenvalue weighted by molar-refractivity contribution is 0.397. The van der Waals surface area contributed by atoms with E-state index in [0.29, 0.717) is 17.7 Å². The van der Waals surface area contributed by atoms with Gasteiger partial charge < -0.3 is 4.90 Å². The number of benzene rings is 1. The number of hydrogen-bond donors (Lipinski definition) is 1. The largest absolute Gasteiger partial charge is 0.304 e. The van der Waals surface area contributed by atoms with Crippen molar-refractivity contribution in [1.82, 2.24) is 9.88 Å². The molecule has 106 valence electrons. The molecule has 0 radical (unpaired) electrons. The number of sulfonamides is 1. The molecule has 0 atom stereocenters. The van der Waals surface area contributed by atoms with Gasteiger partial charge in [0.2, 0.25) is 0 Å². The lowest BCUT2D eigenvalue weighted by Gasteiger charge is -2.11. The zero-order valence-electron chi connectivity index (χ0n) is 11.5. The summed E-state index contributed by atoms with van der Waals surface area (Å²) < 4.78 is 25.7. The SMILES string of the molecule is C=CS(=O)(=O)Nc1cccc2ccc(CN(C)C)nc12. The van der Waals surface area contributed by atoms with Crippen LogP contribution < -0.4 is 4.72 Å². The molecule has 20 heavy (non-hydrogen) atoms. The van der Waals surface area contributed by atoms with E-state index in [0.717, 1.165) is 16.5 Å². The molecule has 6 heteroatoms. The monoisotopic (exact) mass is 291 g/mol. The highest BCUT2D eigenvalue weighted by atomic mass is 32.2. The summed E-state index contributed by atoms with van der Waals surface area (Å²) in [5.74, 6) is 0. The lowest BCUT2D eigenvalue weighted by Crippen LogP contribution is -2.12. The second-order valence-corrected chi connectivity index (χ2v) is 6.36. The molecule has 2 rings (SSSR count). The highest BCUT2D eigenvalue weighted by Crippen LogP contribution is 2.23. The average molecular weight is 291 g/mol. The number of pyridine rings is 1. The molecule has 0 aliphatic rings.